The van der Waals surface area contributed by atoms with Crippen LogP contribution in [-0.4, -0.2) is 92.0 Å². The summed E-state index contributed by atoms with van der Waals surface area (Å²) in [6.45, 7) is 7.25. The number of sulfonamides is 1. The topological polar surface area (TPSA) is 120 Å². The van der Waals surface area contributed by atoms with E-state index in [1.54, 1.807) is 20.8 Å². The van der Waals surface area contributed by atoms with Gasteiger partial charge in [-0.25, -0.2) is 17.6 Å². The van der Waals surface area contributed by atoms with Gasteiger partial charge in [-0.15, -0.1) is 16.4 Å². The van der Waals surface area contributed by atoms with Crippen molar-refractivity contribution >= 4 is 33.6 Å². The smallest absolute Gasteiger partial charge is 0.410 e. The van der Waals surface area contributed by atoms with Crippen LogP contribution in [0.25, 0.3) is 0 Å². The molecule has 1 saturated carbocycles. The number of hydrogen-bond donors (Lipinski definition) is 3. The Morgan fingerprint density at radius 3 is 2.38 bits per heavy atom. The average molecular weight is 526 g/mol. The quantitative estimate of drug-likeness (QED) is 0.364. The predicted octanol–water partition coefficient (Wildman–Crippen LogP) is 1.17. The van der Waals surface area contributed by atoms with Gasteiger partial charge in [0.25, 0.3) is 0 Å². The van der Waals surface area contributed by atoms with Gasteiger partial charge in [0.15, 0.2) is 0 Å². The zero-order valence-corrected chi connectivity index (χ0v) is 21.8. The van der Waals surface area contributed by atoms with Gasteiger partial charge in [-0.2, -0.15) is 0 Å². The van der Waals surface area contributed by atoms with E-state index in [0.717, 1.165) is 13.2 Å². The van der Waals surface area contributed by atoms with Crippen LogP contribution in [0.1, 0.15) is 46.5 Å². The zero-order valence-electron chi connectivity index (χ0n) is 20.2. The van der Waals surface area contributed by atoms with Crippen molar-refractivity contribution in [2.75, 3.05) is 33.4 Å². The first-order chi connectivity index (χ1) is 15.8. The Morgan fingerprint density at radius 2 is 1.82 bits per heavy atom. The van der Waals surface area contributed by atoms with Crippen molar-refractivity contribution in [3.05, 3.63) is 0 Å². The molecule has 2 amide bonds. The summed E-state index contributed by atoms with van der Waals surface area (Å²) in [7, 11) is -1.93. The summed E-state index contributed by atoms with van der Waals surface area (Å²) < 4.78 is 45.6. The number of halogens is 2. The van der Waals surface area contributed by atoms with Crippen LogP contribution in [0.15, 0.2) is 0 Å². The van der Waals surface area contributed by atoms with Crippen molar-refractivity contribution in [2.24, 2.45) is 11.8 Å². The molecule has 5 atom stereocenters. The number of piperidine rings is 1. The molecule has 3 N–H and O–H groups in total. The summed E-state index contributed by atoms with van der Waals surface area (Å²) in [6.07, 6.45) is -0.890. The Balaban J connectivity index is 1.51. The lowest BCUT2D eigenvalue weighted by molar-refractivity contribution is -0.129. The second kappa shape index (κ2) is 10.8. The van der Waals surface area contributed by atoms with E-state index in [9.17, 15) is 22.4 Å². The number of amides is 2. The summed E-state index contributed by atoms with van der Waals surface area (Å²) in [6, 6.07) is 0.112. The van der Waals surface area contributed by atoms with E-state index in [4.69, 9.17) is 16.3 Å². The third kappa shape index (κ3) is 6.93. The molecule has 2 heterocycles. The van der Waals surface area contributed by atoms with Crippen molar-refractivity contribution in [3.63, 3.8) is 0 Å². The van der Waals surface area contributed by atoms with Crippen LogP contribution in [0.4, 0.5) is 9.18 Å². The fourth-order valence-corrected chi connectivity index (χ4v) is 6.48. The van der Waals surface area contributed by atoms with Crippen LogP contribution in [-0.2, 0) is 19.6 Å². The van der Waals surface area contributed by atoms with Gasteiger partial charge in [0, 0.05) is 32.3 Å². The van der Waals surface area contributed by atoms with Gasteiger partial charge in [0.1, 0.15) is 11.8 Å². The molecule has 3 aliphatic rings. The number of nitrogens with one attached hydrogen (secondary N) is 3. The normalized spacial score (nSPS) is 31.9. The summed E-state index contributed by atoms with van der Waals surface area (Å²) in [5.74, 6) is -1.74. The molecule has 0 radical (unpaired) electrons. The second-order valence-corrected chi connectivity index (χ2v) is 13.1. The van der Waals surface area contributed by atoms with Gasteiger partial charge in [0.05, 0.1) is 16.5 Å². The Labute approximate surface area is 206 Å². The highest BCUT2D eigenvalue weighted by atomic mass is 35.5. The SMILES string of the molecule is CN1CNC(C2CC(Cl)C(F)C(C(=O)NNS(=O)(=O)C3CCN(C(=O)OC(C)(C)C)CC3)C2)C1. The maximum atomic E-state index is 14.8. The third-order valence-corrected chi connectivity index (χ3v) is 8.86. The number of ether oxygens (including phenoxy) is 1. The van der Waals surface area contributed by atoms with Gasteiger partial charge < -0.3 is 9.64 Å². The predicted molar refractivity (Wildman–Crippen MR) is 126 cm³/mol. The molecule has 5 unspecified atom stereocenters. The Hall–Kier alpha value is -1.21. The van der Waals surface area contributed by atoms with Crippen LogP contribution in [0.2, 0.25) is 0 Å². The van der Waals surface area contributed by atoms with Gasteiger partial charge in [-0.3, -0.25) is 20.4 Å². The molecule has 0 aromatic rings. The van der Waals surface area contributed by atoms with Gasteiger partial charge in [0.2, 0.25) is 15.9 Å². The number of rotatable bonds is 5. The van der Waals surface area contributed by atoms with E-state index < -0.39 is 50.3 Å². The number of carbonyl (C=O) groups excluding carboxylic acids is 2. The molecule has 0 aromatic heterocycles. The molecule has 1 aliphatic carbocycles. The molecule has 13 heteroatoms. The minimum Gasteiger partial charge on any atom is -0.444 e. The van der Waals surface area contributed by atoms with Gasteiger partial charge in [-0.05, 0) is 59.4 Å². The monoisotopic (exact) mass is 525 g/mol. The average Bonchev–Trinajstić information content (AvgIpc) is 3.19. The van der Waals surface area contributed by atoms with Crippen molar-refractivity contribution in [2.45, 2.75) is 74.9 Å². The third-order valence-electron chi connectivity index (χ3n) is 6.70. The van der Waals surface area contributed by atoms with Crippen molar-refractivity contribution in [1.29, 1.82) is 0 Å². The first-order valence-corrected chi connectivity index (χ1v) is 13.7. The Morgan fingerprint density at radius 1 is 1.18 bits per heavy atom. The number of likely N-dealkylation sites (tertiary alicyclic amines) is 1. The van der Waals surface area contributed by atoms with Crippen molar-refractivity contribution in [1.82, 2.24) is 25.4 Å². The van der Waals surface area contributed by atoms with Gasteiger partial charge in [-0.1, -0.05) is 0 Å². The van der Waals surface area contributed by atoms with Crippen LogP contribution in [0.5, 0.6) is 0 Å². The molecule has 3 fully saturated rings. The highest BCUT2D eigenvalue weighted by Gasteiger charge is 2.44. The molecule has 34 heavy (non-hydrogen) atoms. The van der Waals surface area contributed by atoms with Crippen LogP contribution in [0, 0.1) is 11.8 Å². The van der Waals surface area contributed by atoms with Crippen molar-refractivity contribution < 1.29 is 27.1 Å². The number of nitrogens with zero attached hydrogens (tertiary/aromatic N) is 2. The standard InChI is InChI=1S/C21H37ClFN5O5S/c1-21(2,3)33-20(30)28-7-5-14(6-8-28)34(31,32)26-25-19(29)15-9-13(10-16(22)18(15)23)17-11-27(4)12-24-17/h13-18,24,26H,5-12H2,1-4H3,(H,25,29). The first kappa shape index (κ1) is 27.4. The molecule has 0 spiro atoms. The molecule has 2 aliphatic heterocycles. The number of likely N-dealkylation sites (N-methyl/N-ethyl adjacent to an activating group) is 1. The summed E-state index contributed by atoms with van der Waals surface area (Å²) in [4.78, 5) is 30.6. The lowest BCUT2D eigenvalue weighted by atomic mass is 9.76. The highest BCUT2D eigenvalue weighted by molar-refractivity contribution is 7.90. The molecule has 0 bridgehead atoms. The molecular weight excluding hydrogens is 489 g/mol. The van der Waals surface area contributed by atoms with E-state index >= 15 is 0 Å². The maximum Gasteiger partial charge on any atom is 0.410 e. The molecule has 2 saturated heterocycles. The van der Waals surface area contributed by atoms with Gasteiger partial charge >= 0.3 is 6.09 Å². The van der Waals surface area contributed by atoms with E-state index in [2.05, 4.69) is 20.5 Å². The molecule has 10 nitrogen and oxygen atoms in total. The minimum absolute atomic E-state index is 0.0176. The summed E-state index contributed by atoms with van der Waals surface area (Å²) in [5, 5.41) is 1.76. The first-order valence-electron chi connectivity index (χ1n) is 11.8. The Bertz CT molecular complexity index is 849. The number of alkyl halides is 2. The maximum absolute atomic E-state index is 14.8. The highest BCUT2D eigenvalue weighted by Crippen LogP contribution is 2.37. The van der Waals surface area contributed by atoms with Crippen molar-refractivity contribution in [3.8, 4) is 0 Å². The largest absolute Gasteiger partial charge is 0.444 e. The van der Waals surface area contributed by atoms with E-state index in [0.29, 0.717) is 6.42 Å². The second-order valence-electron chi connectivity index (χ2n) is 10.6. The fraction of sp³-hybridized carbons (Fsp3) is 0.905. The molecule has 0 aromatic carbocycles. The summed E-state index contributed by atoms with van der Waals surface area (Å²) >= 11 is 6.23. The number of hydrogen-bond acceptors (Lipinski definition) is 7. The molecular formula is C21H37ClFN5O5S. The molecule has 3 rings (SSSR count). The van der Waals surface area contributed by atoms with Crippen LogP contribution < -0.4 is 15.6 Å². The van der Waals surface area contributed by atoms with Crippen LogP contribution >= 0.6 is 11.6 Å². The fourth-order valence-electron chi connectivity index (χ4n) is 4.83. The minimum atomic E-state index is -3.90. The van der Waals surface area contributed by atoms with Crippen LogP contribution in [0.3, 0.4) is 0 Å². The summed E-state index contributed by atoms with van der Waals surface area (Å²) in [5.41, 5.74) is 1.58. The Kier molecular flexibility index (Phi) is 8.71. The van der Waals surface area contributed by atoms with E-state index in [1.165, 1.54) is 4.90 Å². The zero-order chi connectivity index (χ0) is 25.3. The molecule has 196 valence electrons. The lowest BCUT2D eigenvalue weighted by Gasteiger charge is -2.37. The van der Waals surface area contributed by atoms with E-state index in [-0.39, 0.29) is 44.3 Å². The van der Waals surface area contributed by atoms with E-state index in [1.807, 2.05) is 7.05 Å². The number of hydrazine groups is 1. The number of carbonyl (C=O) groups is 2. The lowest BCUT2D eigenvalue weighted by Crippen LogP contribution is -2.54.